The van der Waals surface area contributed by atoms with E-state index >= 15 is 0 Å². The minimum Gasteiger partial charge on any atom is -0.347 e. The lowest BCUT2D eigenvalue weighted by atomic mass is 9.86. The van der Waals surface area contributed by atoms with Crippen molar-refractivity contribution in [3.63, 3.8) is 0 Å². The Labute approximate surface area is 154 Å². The largest absolute Gasteiger partial charge is 0.347 e. The molecule has 136 valence electrons. The lowest BCUT2D eigenvalue weighted by Crippen LogP contribution is -2.20. The minimum absolute atomic E-state index is 0.0916. The normalized spacial score (nSPS) is 12.8. The van der Waals surface area contributed by atoms with Crippen molar-refractivity contribution in [3.8, 4) is 11.3 Å². The second-order valence-electron chi connectivity index (χ2n) is 7.82. The highest BCUT2D eigenvalue weighted by Crippen LogP contribution is 2.31. The molecular formula is C20H26N6. The Morgan fingerprint density at radius 2 is 2.00 bits per heavy atom. The molecule has 0 fully saturated rings. The van der Waals surface area contributed by atoms with Gasteiger partial charge in [-0.3, -0.25) is 9.67 Å². The lowest BCUT2D eigenvalue weighted by Gasteiger charge is -2.27. The highest BCUT2D eigenvalue weighted by Gasteiger charge is 2.21. The molecule has 3 heterocycles. The van der Waals surface area contributed by atoms with Gasteiger partial charge >= 0.3 is 0 Å². The second kappa shape index (κ2) is 7.23. The van der Waals surface area contributed by atoms with Crippen LogP contribution in [0.15, 0.2) is 43.0 Å². The summed E-state index contributed by atoms with van der Waals surface area (Å²) in [6, 6.07) is 6.06. The first-order valence-electron chi connectivity index (χ1n) is 8.82. The van der Waals surface area contributed by atoms with Crippen molar-refractivity contribution in [2.24, 2.45) is 12.5 Å². The first-order valence-corrected chi connectivity index (χ1v) is 8.82. The van der Waals surface area contributed by atoms with Crippen molar-refractivity contribution < 1.29 is 0 Å². The van der Waals surface area contributed by atoms with E-state index in [1.54, 1.807) is 17.1 Å². The molecule has 3 rings (SSSR count). The van der Waals surface area contributed by atoms with Crippen molar-refractivity contribution in [2.75, 3.05) is 5.32 Å². The summed E-state index contributed by atoms with van der Waals surface area (Å²) in [5.74, 6) is 0.615. The Morgan fingerprint density at radius 3 is 2.62 bits per heavy atom. The fourth-order valence-corrected chi connectivity index (χ4v) is 3.03. The third-order valence-corrected chi connectivity index (χ3v) is 4.15. The zero-order valence-electron chi connectivity index (χ0n) is 16.1. The van der Waals surface area contributed by atoms with Crippen LogP contribution in [0.4, 0.5) is 5.95 Å². The maximum atomic E-state index is 4.72. The van der Waals surface area contributed by atoms with Gasteiger partial charge in [0.1, 0.15) is 0 Å². The van der Waals surface area contributed by atoms with Gasteiger partial charge in [-0.1, -0.05) is 26.8 Å². The number of aryl methyl sites for hydroxylation is 2. The van der Waals surface area contributed by atoms with Crippen LogP contribution in [-0.2, 0) is 7.05 Å². The van der Waals surface area contributed by atoms with Crippen LogP contribution < -0.4 is 5.32 Å². The molecule has 0 aliphatic rings. The molecule has 3 aromatic heterocycles. The Kier molecular flexibility index (Phi) is 5.02. The molecule has 0 radical (unpaired) electrons. The van der Waals surface area contributed by atoms with E-state index in [1.807, 2.05) is 38.5 Å². The van der Waals surface area contributed by atoms with Crippen LogP contribution in [0.25, 0.3) is 11.3 Å². The molecule has 6 heteroatoms. The molecule has 0 bridgehead atoms. The van der Waals surface area contributed by atoms with Crippen LogP contribution in [-0.4, -0.2) is 24.7 Å². The molecule has 1 N–H and O–H groups in total. The Balaban J connectivity index is 1.89. The average molecular weight is 350 g/mol. The van der Waals surface area contributed by atoms with E-state index in [0.717, 1.165) is 28.9 Å². The first kappa shape index (κ1) is 18.0. The summed E-state index contributed by atoms with van der Waals surface area (Å²) in [5, 5.41) is 7.90. The monoisotopic (exact) mass is 350 g/mol. The Bertz CT molecular complexity index is 864. The van der Waals surface area contributed by atoms with Gasteiger partial charge in [0, 0.05) is 37.4 Å². The fraction of sp³-hybridized carbons (Fsp3) is 0.400. The van der Waals surface area contributed by atoms with Gasteiger partial charge < -0.3 is 5.32 Å². The molecule has 3 aromatic rings. The van der Waals surface area contributed by atoms with E-state index in [-0.39, 0.29) is 11.5 Å². The zero-order valence-corrected chi connectivity index (χ0v) is 16.1. The molecule has 0 spiro atoms. The van der Waals surface area contributed by atoms with Crippen molar-refractivity contribution in [2.45, 2.75) is 40.2 Å². The number of pyridine rings is 1. The van der Waals surface area contributed by atoms with Crippen LogP contribution in [0.5, 0.6) is 0 Å². The van der Waals surface area contributed by atoms with Crippen molar-refractivity contribution >= 4 is 5.95 Å². The van der Waals surface area contributed by atoms with E-state index < -0.39 is 0 Å². The van der Waals surface area contributed by atoms with Crippen LogP contribution in [0, 0.1) is 12.3 Å². The molecule has 0 aromatic carbocycles. The summed E-state index contributed by atoms with van der Waals surface area (Å²) in [6.45, 7) is 8.68. The van der Waals surface area contributed by atoms with Crippen molar-refractivity contribution in [3.05, 3.63) is 54.2 Å². The van der Waals surface area contributed by atoms with E-state index in [2.05, 4.69) is 47.2 Å². The van der Waals surface area contributed by atoms with Crippen molar-refractivity contribution in [1.29, 1.82) is 0 Å². The average Bonchev–Trinajstić information content (AvgIpc) is 2.92. The quantitative estimate of drug-likeness (QED) is 0.748. The summed E-state index contributed by atoms with van der Waals surface area (Å²) in [5.41, 5.74) is 4.13. The van der Waals surface area contributed by atoms with E-state index in [4.69, 9.17) is 4.98 Å². The van der Waals surface area contributed by atoms with Crippen LogP contribution in [0.1, 0.15) is 44.5 Å². The molecule has 0 aliphatic carbocycles. The number of hydrogen-bond donors (Lipinski definition) is 1. The number of nitrogens with zero attached hydrogens (tertiary/aromatic N) is 5. The summed E-state index contributed by atoms with van der Waals surface area (Å²) < 4.78 is 1.80. The summed E-state index contributed by atoms with van der Waals surface area (Å²) in [7, 11) is 1.92. The van der Waals surface area contributed by atoms with Crippen LogP contribution in [0.3, 0.4) is 0 Å². The number of nitrogens with one attached hydrogen (secondary N) is 1. The summed E-state index contributed by atoms with van der Waals surface area (Å²) >= 11 is 0. The molecule has 0 amide bonds. The fourth-order valence-electron chi connectivity index (χ4n) is 3.03. The second-order valence-corrected chi connectivity index (χ2v) is 7.82. The van der Waals surface area contributed by atoms with E-state index in [1.165, 1.54) is 0 Å². The topological polar surface area (TPSA) is 68.5 Å². The van der Waals surface area contributed by atoms with Gasteiger partial charge in [-0.2, -0.15) is 5.10 Å². The maximum Gasteiger partial charge on any atom is 0.223 e. The highest BCUT2D eigenvalue weighted by atomic mass is 15.3. The standard InChI is InChI=1S/C20H26N6/c1-14-16(13-26(5)25-14)17-8-10-22-19(23-17)24-18(11-20(2,3)4)15-7-6-9-21-12-15/h6-10,12-13,18H,11H2,1-5H3,(H,22,23,24). The van der Waals surface area contributed by atoms with Crippen LogP contribution in [0.2, 0.25) is 0 Å². The van der Waals surface area contributed by atoms with Gasteiger partial charge in [0.05, 0.1) is 17.4 Å². The maximum absolute atomic E-state index is 4.72. The third kappa shape index (κ3) is 4.45. The SMILES string of the molecule is Cc1nn(C)cc1-c1ccnc(NC(CC(C)(C)C)c2cccnc2)n1. The first-order chi connectivity index (χ1) is 12.3. The van der Waals surface area contributed by atoms with E-state index in [9.17, 15) is 0 Å². The van der Waals surface area contributed by atoms with Gasteiger partial charge in [0.25, 0.3) is 0 Å². The molecule has 0 saturated carbocycles. The smallest absolute Gasteiger partial charge is 0.223 e. The number of anilines is 1. The minimum atomic E-state index is 0.0916. The molecule has 6 nitrogen and oxygen atoms in total. The van der Waals surface area contributed by atoms with Crippen LogP contribution >= 0.6 is 0 Å². The molecular weight excluding hydrogens is 324 g/mol. The molecule has 0 aliphatic heterocycles. The molecule has 0 saturated heterocycles. The van der Waals surface area contributed by atoms with Gasteiger partial charge in [-0.25, -0.2) is 9.97 Å². The summed E-state index contributed by atoms with van der Waals surface area (Å²) in [4.78, 5) is 13.4. The predicted molar refractivity (Wildman–Crippen MR) is 104 cm³/mol. The third-order valence-electron chi connectivity index (χ3n) is 4.15. The zero-order chi connectivity index (χ0) is 18.7. The Hall–Kier alpha value is -2.76. The van der Waals surface area contributed by atoms with Gasteiger partial charge in [0.2, 0.25) is 5.95 Å². The Morgan fingerprint density at radius 1 is 1.19 bits per heavy atom. The number of rotatable bonds is 5. The van der Waals surface area contributed by atoms with E-state index in [0.29, 0.717) is 5.95 Å². The van der Waals surface area contributed by atoms with Gasteiger partial charge in [0.15, 0.2) is 0 Å². The summed E-state index contributed by atoms with van der Waals surface area (Å²) in [6.07, 6.45) is 8.40. The molecule has 26 heavy (non-hydrogen) atoms. The molecule has 1 unspecified atom stereocenters. The highest BCUT2D eigenvalue weighted by molar-refractivity contribution is 5.61. The van der Waals surface area contributed by atoms with Gasteiger partial charge in [-0.15, -0.1) is 0 Å². The number of hydrogen-bond acceptors (Lipinski definition) is 5. The number of aromatic nitrogens is 5. The predicted octanol–water partition coefficient (Wildman–Crippen LogP) is 4.17. The lowest BCUT2D eigenvalue weighted by molar-refractivity contribution is 0.351. The molecule has 1 atom stereocenters. The van der Waals surface area contributed by atoms with Crippen molar-refractivity contribution in [1.82, 2.24) is 24.7 Å². The van der Waals surface area contributed by atoms with Gasteiger partial charge in [-0.05, 0) is 36.5 Å².